The third-order valence-corrected chi connectivity index (χ3v) is 3.46. The lowest BCUT2D eigenvalue weighted by Crippen LogP contribution is -2.23. The van der Waals surface area contributed by atoms with Crippen LogP contribution in [-0.4, -0.2) is 17.6 Å². The minimum atomic E-state index is 0.383. The summed E-state index contributed by atoms with van der Waals surface area (Å²) in [7, 11) is 0. The summed E-state index contributed by atoms with van der Waals surface area (Å²) < 4.78 is 5.94. The summed E-state index contributed by atoms with van der Waals surface area (Å²) in [6.07, 6.45) is 7.95. The summed E-state index contributed by atoms with van der Waals surface area (Å²) in [5.74, 6) is 1.75. The first kappa shape index (κ1) is 12.4. The third-order valence-electron chi connectivity index (χ3n) is 3.46. The molecule has 1 fully saturated rings. The van der Waals surface area contributed by atoms with Crippen LogP contribution in [0.5, 0.6) is 5.75 Å². The zero-order chi connectivity index (χ0) is 12.1. The van der Waals surface area contributed by atoms with E-state index in [1.807, 2.05) is 18.3 Å². The maximum atomic E-state index is 5.94. The summed E-state index contributed by atoms with van der Waals surface area (Å²) in [5.41, 5.74) is 6.53. The molecule has 2 N–H and O–H groups in total. The van der Waals surface area contributed by atoms with Gasteiger partial charge in [0, 0.05) is 12.1 Å². The predicted octanol–water partition coefficient (Wildman–Crippen LogP) is 2.54. The highest BCUT2D eigenvalue weighted by Gasteiger charge is 2.19. The Balaban J connectivity index is 1.86. The van der Waals surface area contributed by atoms with Gasteiger partial charge in [-0.05, 0) is 50.3 Å². The minimum Gasteiger partial charge on any atom is -0.489 e. The van der Waals surface area contributed by atoms with Gasteiger partial charge in [0.2, 0.25) is 0 Å². The molecule has 3 heteroatoms. The molecular formula is C14H22N2O. The molecule has 17 heavy (non-hydrogen) atoms. The van der Waals surface area contributed by atoms with E-state index in [9.17, 15) is 0 Å². The summed E-state index contributed by atoms with van der Waals surface area (Å²) in [6.45, 7) is 2.97. The second-order valence-electron chi connectivity index (χ2n) is 5.02. The van der Waals surface area contributed by atoms with Crippen LogP contribution in [0.1, 0.15) is 38.3 Å². The molecular weight excluding hydrogens is 212 g/mol. The van der Waals surface area contributed by atoms with E-state index in [0.717, 1.165) is 23.8 Å². The Kier molecular flexibility index (Phi) is 4.37. The van der Waals surface area contributed by atoms with Crippen molar-refractivity contribution in [2.45, 2.75) is 45.1 Å². The summed E-state index contributed by atoms with van der Waals surface area (Å²) in [4.78, 5) is 4.34. The molecule has 2 rings (SSSR count). The first-order valence-corrected chi connectivity index (χ1v) is 6.59. The highest BCUT2D eigenvalue weighted by atomic mass is 16.5. The normalized spacial score (nSPS) is 24.6. The largest absolute Gasteiger partial charge is 0.489 e. The molecule has 0 spiro atoms. The molecule has 0 aromatic carbocycles. The van der Waals surface area contributed by atoms with Crippen LogP contribution in [0.3, 0.4) is 0 Å². The predicted molar refractivity (Wildman–Crippen MR) is 69.0 cm³/mol. The number of hydrogen-bond donors (Lipinski definition) is 1. The van der Waals surface area contributed by atoms with Crippen molar-refractivity contribution < 1.29 is 4.74 Å². The zero-order valence-electron chi connectivity index (χ0n) is 10.6. The van der Waals surface area contributed by atoms with Gasteiger partial charge in [0.15, 0.2) is 0 Å². The highest BCUT2D eigenvalue weighted by Crippen LogP contribution is 2.26. The SMILES string of the molecule is CC1CCC(Oc2ccc(CCN)nc2)CC1. The van der Waals surface area contributed by atoms with Gasteiger partial charge in [0.25, 0.3) is 0 Å². The van der Waals surface area contributed by atoms with Crippen LogP contribution in [0.4, 0.5) is 0 Å². The number of aromatic nitrogens is 1. The number of hydrogen-bond acceptors (Lipinski definition) is 3. The van der Waals surface area contributed by atoms with Gasteiger partial charge < -0.3 is 10.5 Å². The Hall–Kier alpha value is -1.09. The lowest BCUT2D eigenvalue weighted by Gasteiger charge is -2.26. The van der Waals surface area contributed by atoms with Gasteiger partial charge in [-0.15, -0.1) is 0 Å². The third kappa shape index (κ3) is 3.70. The number of pyridine rings is 1. The van der Waals surface area contributed by atoms with Crippen LogP contribution < -0.4 is 10.5 Å². The van der Waals surface area contributed by atoms with Crippen LogP contribution in [-0.2, 0) is 6.42 Å². The fourth-order valence-corrected chi connectivity index (χ4v) is 2.32. The van der Waals surface area contributed by atoms with Gasteiger partial charge in [0.05, 0.1) is 12.3 Å². The fourth-order valence-electron chi connectivity index (χ4n) is 2.32. The molecule has 1 aliphatic carbocycles. The molecule has 94 valence electrons. The Morgan fingerprint density at radius 1 is 1.29 bits per heavy atom. The van der Waals surface area contributed by atoms with Crippen LogP contribution in [0.2, 0.25) is 0 Å². The van der Waals surface area contributed by atoms with Crippen molar-refractivity contribution in [1.29, 1.82) is 0 Å². The Labute approximate surface area is 103 Å². The molecule has 0 unspecified atom stereocenters. The van der Waals surface area contributed by atoms with Gasteiger partial charge in [-0.3, -0.25) is 4.98 Å². The zero-order valence-corrected chi connectivity index (χ0v) is 10.6. The van der Waals surface area contributed by atoms with Crippen molar-refractivity contribution in [3.63, 3.8) is 0 Å². The molecule has 3 nitrogen and oxygen atoms in total. The van der Waals surface area contributed by atoms with E-state index < -0.39 is 0 Å². The van der Waals surface area contributed by atoms with Gasteiger partial charge >= 0.3 is 0 Å². The Morgan fingerprint density at radius 3 is 2.65 bits per heavy atom. The van der Waals surface area contributed by atoms with E-state index in [-0.39, 0.29) is 0 Å². The lowest BCUT2D eigenvalue weighted by molar-refractivity contribution is 0.135. The average Bonchev–Trinajstić information content (AvgIpc) is 2.35. The van der Waals surface area contributed by atoms with Gasteiger partial charge in [0.1, 0.15) is 5.75 Å². The first-order chi connectivity index (χ1) is 8.28. The number of rotatable bonds is 4. The maximum Gasteiger partial charge on any atom is 0.138 e. The molecule has 0 saturated heterocycles. The van der Waals surface area contributed by atoms with Crippen molar-refractivity contribution in [3.05, 3.63) is 24.0 Å². The van der Waals surface area contributed by atoms with Crippen LogP contribution in [0, 0.1) is 5.92 Å². The van der Waals surface area contributed by atoms with Gasteiger partial charge in [-0.1, -0.05) is 6.92 Å². The van der Waals surface area contributed by atoms with Crippen molar-refractivity contribution in [2.75, 3.05) is 6.54 Å². The molecule has 1 aromatic rings. The quantitative estimate of drug-likeness (QED) is 0.871. The maximum absolute atomic E-state index is 5.94. The van der Waals surface area contributed by atoms with Crippen molar-refractivity contribution in [2.24, 2.45) is 11.7 Å². The standard InChI is InChI=1S/C14H22N2O/c1-11-2-5-13(6-3-11)17-14-7-4-12(8-9-15)16-10-14/h4,7,10-11,13H,2-3,5-6,8-9,15H2,1H3. The molecule has 1 saturated carbocycles. The summed E-state index contributed by atoms with van der Waals surface area (Å²) in [6, 6.07) is 4.02. The topological polar surface area (TPSA) is 48.1 Å². The van der Waals surface area contributed by atoms with E-state index in [0.29, 0.717) is 12.6 Å². The molecule has 1 aromatic heterocycles. The molecule has 0 aliphatic heterocycles. The average molecular weight is 234 g/mol. The number of nitrogens with two attached hydrogens (primary N) is 1. The summed E-state index contributed by atoms with van der Waals surface area (Å²) in [5, 5.41) is 0. The Bertz CT molecular complexity index is 329. The van der Waals surface area contributed by atoms with E-state index >= 15 is 0 Å². The minimum absolute atomic E-state index is 0.383. The van der Waals surface area contributed by atoms with E-state index in [4.69, 9.17) is 10.5 Å². The molecule has 1 aliphatic rings. The van der Waals surface area contributed by atoms with Gasteiger partial charge in [-0.25, -0.2) is 0 Å². The first-order valence-electron chi connectivity index (χ1n) is 6.59. The second kappa shape index (κ2) is 6.01. The fraction of sp³-hybridized carbons (Fsp3) is 0.643. The number of ether oxygens (including phenoxy) is 1. The second-order valence-corrected chi connectivity index (χ2v) is 5.02. The van der Waals surface area contributed by atoms with E-state index in [2.05, 4.69) is 11.9 Å². The van der Waals surface area contributed by atoms with E-state index in [1.54, 1.807) is 0 Å². The molecule has 0 radical (unpaired) electrons. The van der Waals surface area contributed by atoms with Crippen molar-refractivity contribution in [1.82, 2.24) is 4.98 Å². The van der Waals surface area contributed by atoms with Gasteiger partial charge in [-0.2, -0.15) is 0 Å². The van der Waals surface area contributed by atoms with Crippen molar-refractivity contribution >= 4 is 0 Å². The Morgan fingerprint density at radius 2 is 2.06 bits per heavy atom. The molecule has 1 heterocycles. The molecule has 0 amide bonds. The van der Waals surface area contributed by atoms with Crippen molar-refractivity contribution in [3.8, 4) is 5.75 Å². The molecule has 0 atom stereocenters. The van der Waals surface area contributed by atoms with Crippen LogP contribution in [0.15, 0.2) is 18.3 Å². The van der Waals surface area contributed by atoms with E-state index in [1.165, 1.54) is 25.7 Å². The van der Waals surface area contributed by atoms with Crippen LogP contribution >= 0.6 is 0 Å². The summed E-state index contributed by atoms with van der Waals surface area (Å²) >= 11 is 0. The monoisotopic (exact) mass is 234 g/mol. The highest BCUT2D eigenvalue weighted by molar-refractivity contribution is 5.20. The number of nitrogens with zero attached hydrogens (tertiary/aromatic N) is 1. The molecule has 0 bridgehead atoms. The van der Waals surface area contributed by atoms with Crippen LogP contribution in [0.25, 0.3) is 0 Å². The smallest absolute Gasteiger partial charge is 0.138 e. The lowest BCUT2D eigenvalue weighted by atomic mass is 9.89.